The van der Waals surface area contributed by atoms with Gasteiger partial charge in [0.2, 0.25) is 5.91 Å². The topological polar surface area (TPSA) is 67.4 Å². The van der Waals surface area contributed by atoms with Crippen molar-refractivity contribution in [2.75, 3.05) is 12.4 Å². The van der Waals surface area contributed by atoms with Gasteiger partial charge < -0.3 is 15.4 Å². The predicted octanol–water partition coefficient (Wildman–Crippen LogP) is 4.11. The molecule has 2 N–H and O–H groups in total. The Hall–Kier alpha value is -3.03. The molecule has 0 bridgehead atoms. The number of ether oxygens (including phenoxy) is 1. The maximum atomic E-state index is 12.8. The molecule has 150 valence electrons. The highest BCUT2D eigenvalue weighted by atomic mass is 19.4. The van der Waals surface area contributed by atoms with E-state index in [4.69, 9.17) is 4.74 Å². The molecule has 5 nitrogen and oxygen atoms in total. The van der Waals surface area contributed by atoms with E-state index in [2.05, 4.69) is 10.6 Å². The molecule has 2 amide bonds. The fourth-order valence-corrected chi connectivity index (χ4v) is 2.50. The number of hydrogen-bond donors (Lipinski definition) is 2. The molecule has 1 atom stereocenters. The molecule has 1 unspecified atom stereocenters. The van der Waals surface area contributed by atoms with Crippen molar-refractivity contribution in [2.45, 2.75) is 26.1 Å². The van der Waals surface area contributed by atoms with Crippen LogP contribution >= 0.6 is 0 Å². The van der Waals surface area contributed by atoms with E-state index in [0.717, 1.165) is 12.1 Å². The highest BCUT2D eigenvalue weighted by Crippen LogP contribution is 2.30. The van der Waals surface area contributed by atoms with Crippen LogP contribution in [0.1, 0.15) is 29.8 Å². The number of nitrogens with one attached hydrogen (secondary N) is 2. The van der Waals surface area contributed by atoms with E-state index >= 15 is 0 Å². The lowest BCUT2D eigenvalue weighted by Gasteiger charge is -2.22. The second-order valence-electron chi connectivity index (χ2n) is 6.49. The summed E-state index contributed by atoms with van der Waals surface area (Å²) < 4.78 is 43.5. The maximum absolute atomic E-state index is 12.8. The van der Waals surface area contributed by atoms with Gasteiger partial charge in [-0.3, -0.25) is 9.59 Å². The lowest BCUT2D eigenvalue weighted by atomic mass is 10.0. The van der Waals surface area contributed by atoms with Crippen LogP contribution in [0.15, 0.2) is 48.5 Å². The van der Waals surface area contributed by atoms with Crippen molar-refractivity contribution < 1.29 is 27.5 Å². The molecule has 0 aromatic heterocycles. The third kappa shape index (κ3) is 5.48. The molecule has 28 heavy (non-hydrogen) atoms. The molecule has 0 spiro atoms. The zero-order valence-corrected chi connectivity index (χ0v) is 15.6. The molecule has 0 aliphatic carbocycles. The van der Waals surface area contributed by atoms with Gasteiger partial charge in [0.15, 0.2) is 0 Å². The number of methoxy groups -OCH3 is 1. The summed E-state index contributed by atoms with van der Waals surface area (Å²) in [7, 11) is 1.50. The monoisotopic (exact) mass is 394 g/mol. The highest BCUT2D eigenvalue weighted by molar-refractivity contribution is 6.01. The molecule has 2 aromatic rings. The van der Waals surface area contributed by atoms with E-state index in [9.17, 15) is 22.8 Å². The summed E-state index contributed by atoms with van der Waals surface area (Å²) in [6.07, 6.45) is -4.51. The number of alkyl halides is 3. The van der Waals surface area contributed by atoms with Gasteiger partial charge in [0.05, 0.1) is 12.7 Å². The van der Waals surface area contributed by atoms with Crippen molar-refractivity contribution in [1.82, 2.24) is 5.32 Å². The van der Waals surface area contributed by atoms with E-state index in [0.29, 0.717) is 11.3 Å². The predicted molar refractivity (Wildman–Crippen MR) is 99.2 cm³/mol. The van der Waals surface area contributed by atoms with Gasteiger partial charge in [0, 0.05) is 11.3 Å². The van der Waals surface area contributed by atoms with Crippen molar-refractivity contribution in [3.63, 3.8) is 0 Å². The van der Waals surface area contributed by atoms with E-state index in [1.54, 1.807) is 38.1 Å². The Morgan fingerprint density at radius 1 is 1.04 bits per heavy atom. The second kappa shape index (κ2) is 8.77. The minimum atomic E-state index is -4.51. The van der Waals surface area contributed by atoms with Crippen LogP contribution in [0.3, 0.4) is 0 Å². The SMILES string of the molecule is COc1ccc(C(=O)NC(C(=O)Nc2cccc(C(F)(F)F)c2)C(C)C)cc1. The van der Waals surface area contributed by atoms with Crippen LogP contribution in [-0.2, 0) is 11.0 Å². The standard InChI is InChI=1S/C20H21F3N2O3/c1-12(2)17(25-18(26)13-7-9-16(28-3)10-8-13)19(27)24-15-6-4-5-14(11-15)20(21,22)23/h4-12,17H,1-3H3,(H,24,27)(H,25,26). The van der Waals surface area contributed by atoms with Crippen LogP contribution in [-0.4, -0.2) is 25.0 Å². The number of amides is 2. The van der Waals surface area contributed by atoms with Crippen LogP contribution < -0.4 is 15.4 Å². The molecular formula is C20H21F3N2O3. The number of anilines is 1. The Morgan fingerprint density at radius 2 is 1.68 bits per heavy atom. The van der Waals surface area contributed by atoms with Crippen LogP contribution in [0, 0.1) is 5.92 Å². The summed E-state index contributed by atoms with van der Waals surface area (Å²) in [4.78, 5) is 25.0. The molecule has 0 saturated carbocycles. The molecule has 2 aromatic carbocycles. The molecule has 0 aliphatic heterocycles. The molecule has 8 heteroatoms. The Kier molecular flexibility index (Phi) is 6.66. The van der Waals surface area contributed by atoms with Gasteiger partial charge in [-0.25, -0.2) is 0 Å². The fourth-order valence-electron chi connectivity index (χ4n) is 2.50. The third-order valence-corrected chi connectivity index (χ3v) is 4.05. The van der Waals surface area contributed by atoms with Crippen molar-refractivity contribution in [3.05, 3.63) is 59.7 Å². The van der Waals surface area contributed by atoms with E-state index in [1.807, 2.05) is 0 Å². The molecular weight excluding hydrogens is 373 g/mol. The average Bonchev–Trinajstić information content (AvgIpc) is 2.65. The molecule has 0 radical (unpaired) electrons. The first-order valence-corrected chi connectivity index (χ1v) is 8.55. The van der Waals surface area contributed by atoms with Gasteiger partial charge in [-0.05, 0) is 48.4 Å². The van der Waals surface area contributed by atoms with Crippen molar-refractivity contribution in [2.24, 2.45) is 5.92 Å². The smallest absolute Gasteiger partial charge is 0.416 e. The molecule has 0 saturated heterocycles. The van der Waals surface area contributed by atoms with Crippen LogP contribution in [0.25, 0.3) is 0 Å². The van der Waals surface area contributed by atoms with Crippen molar-refractivity contribution >= 4 is 17.5 Å². The Labute approximate surface area is 160 Å². The minimum Gasteiger partial charge on any atom is -0.497 e. The summed E-state index contributed by atoms with van der Waals surface area (Å²) >= 11 is 0. The van der Waals surface area contributed by atoms with Gasteiger partial charge in [0.25, 0.3) is 5.91 Å². The van der Waals surface area contributed by atoms with Gasteiger partial charge >= 0.3 is 6.18 Å². The minimum absolute atomic E-state index is 0.00386. The van der Waals surface area contributed by atoms with Crippen LogP contribution in [0.4, 0.5) is 18.9 Å². The van der Waals surface area contributed by atoms with Crippen molar-refractivity contribution in [1.29, 1.82) is 0 Å². The lowest BCUT2D eigenvalue weighted by molar-refractivity contribution is -0.137. The quantitative estimate of drug-likeness (QED) is 0.775. The fraction of sp³-hybridized carbons (Fsp3) is 0.300. The van der Waals surface area contributed by atoms with Gasteiger partial charge in [0.1, 0.15) is 11.8 Å². The Balaban J connectivity index is 2.12. The first-order chi connectivity index (χ1) is 13.1. The van der Waals surface area contributed by atoms with Crippen LogP contribution in [0.2, 0.25) is 0 Å². The Bertz CT molecular complexity index is 833. The summed E-state index contributed by atoms with van der Waals surface area (Å²) in [5, 5.41) is 5.06. The van der Waals surface area contributed by atoms with Gasteiger partial charge in [-0.2, -0.15) is 13.2 Å². The summed E-state index contributed by atoms with van der Waals surface area (Å²) in [6, 6.07) is 9.73. The number of hydrogen-bond acceptors (Lipinski definition) is 3. The lowest BCUT2D eigenvalue weighted by Crippen LogP contribution is -2.47. The number of rotatable bonds is 6. The van der Waals surface area contributed by atoms with E-state index < -0.39 is 29.6 Å². The summed E-state index contributed by atoms with van der Waals surface area (Å²) in [6.45, 7) is 3.45. The second-order valence-corrected chi connectivity index (χ2v) is 6.49. The summed E-state index contributed by atoms with van der Waals surface area (Å²) in [5.74, 6) is -0.774. The molecule has 0 fully saturated rings. The summed E-state index contributed by atoms with van der Waals surface area (Å²) in [5.41, 5.74) is -0.531. The number of carbonyl (C=O) groups excluding carboxylic acids is 2. The first-order valence-electron chi connectivity index (χ1n) is 8.55. The maximum Gasteiger partial charge on any atom is 0.416 e. The van der Waals surface area contributed by atoms with Gasteiger partial charge in [-0.1, -0.05) is 19.9 Å². The van der Waals surface area contributed by atoms with Crippen LogP contribution in [0.5, 0.6) is 5.75 Å². The zero-order valence-electron chi connectivity index (χ0n) is 15.6. The number of benzene rings is 2. The number of carbonyl (C=O) groups is 2. The Morgan fingerprint density at radius 3 is 2.21 bits per heavy atom. The van der Waals surface area contributed by atoms with E-state index in [-0.39, 0.29) is 11.6 Å². The zero-order chi connectivity index (χ0) is 20.9. The molecule has 2 rings (SSSR count). The first kappa shape index (κ1) is 21.3. The highest BCUT2D eigenvalue weighted by Gasteiger charge is 2.31. The molecule has 0 heterocycles. The average molecular weight is 394 g/mol. The van der Waals surface area contributed by atoms with E-state index in [1.165, 1.54) is 19.2 Å². The number of halogens is 3. The largest absolute Gasteiger partial charge is 0.497 e. The normalized spacial score (nSPS) is 12.4. The van der Waals surface area contributed by atoms with Gasteiger partial charge in [-0.15, -0.1) is 0 Å². The molecule has 0 aliphatic rings. The third-order valence-electron chi connectivity index (χ3n) is 4.05. The van der Waals surface area contributed by atoms with Crippen molar-refractivity contribution in [3.8, 4) is 5.75 Å².